The summed E-state index contributed by atoms with van der Waals surface area (Å²) in [4.78, 5) is 17.3. The lowest BCUT2D eigenvalue weighted by Crippen LogP contribution is -2.32. The van der Waals surface area contributed by atoms with Crippen molar-refractivity contribution in [3.05, 3.63) is 71.2 Å². The first-order chi connectivity index (χ1) is 13.0. The van der Waals surface area contributed by atoms with Crippen LogP contribution in [0, 0.1) is 12.7 Å². The Morgan fingerprint density at radius 3 is 2.59 bits per heavy atom. The molecule has 4 rings (SSSR count). The van der Waals surface area contributed by atoms with Crippen molar-refractivity contribution in [1.82, 2.24) is 10.3 Å². The van der Waals surface area contributed by atoms with Gasteiger partial charge in [0.2, 0.25) is 0 Å². The number of nitrogens with zero attached hydrogens (tertiary/aromatic N) is 1. The maximum Gasteiger partial charge on any atom is 0.253 e. The van der Waals surface area contributed by atoms with Crippen LogP contribution in [0.4, 0.5) is 4.39 Å². The number of methoxy groups -OCH3 is 1. The second-order valence-electron chi connectivity index (χ2n) is 7.15. The summed E-state index contributed by atoms with van der Waals surface area (Å²) in [7, 11) is 1.62. The average molecular weight is 364 g/mol. The van der Waals surface area contributed by atoms with Crippen molar-refractivity contribution in [1.29, 1.82) is 0 Å². The molecule has 0 spiro atoms. The van der Waals surface area contributed by atoms with Gasteiger partial charge in [-0.3, -0.25) is 9.78 Å². The topological polar surface area (TPSA) is 51.2 Å². The maximum absolute atomic E-state index is 13.2. The van der Waals surface area contributed by atoms with Gasteiger partial charge in [-0.25, -0.2) is 4.39 Å². The summed E-state index contributed by atoms with van der Waals surface area (Å²) in [6, 6.07) is 14.1. The number of fused-ring (bicyclic) bond motifs is 1. The number of benzene rings is 2. The number of aryl methyl sites for hydroxylation is 1. The predicted octanol–water partition coefficient (Wildman–Crippen LogP) is 4.15. The zero-order valence-corrected chi connectivity index (χ0v) is 15.4. The van der Waals surface area contributed by atoms with Crippen LogP contribution in [-0.2, 0) is 5.41 Å². The Morgan fingerprint density at radius 1 is 1.19 bits per heavy atom. The lowest BCUT2D eigenvalue weighted by molar-refractivity contribution is 0.0949. The highest BCUT2D eigenvalue weighted by atomic mass is 19.1. The minimum absolute atomic E-state index is 0.0745. The van der Waals surface area contributed by atoms with E-state index in [9.17, 15) is 9.18 Å². The SMILES string of the molecule is COc1ccc2cc(C(=O)NCC3(c4ccc(F)cc4)CC3)c(C)nc2c1. The molecular weight excluding hydrogens is 343 g/mol. The largest absolute Gasteiger partial charge is 0.497 e. The van der Waals surface area contributed by atoms with Crippen LogP contribution in [0.2, 0.25) is 0 Å². The molecule has 0 unspecified atom stereocenters. The number of carbonyl (C=O) groups is 1. The fourth-order valence-electron chi connectivity index (χ4n) is 3.47. The molecule has 1 aliphatic rings. The van der Waals surface area contributed by atoms with Crippen LogP contribution in [0.1, 0.15) is 34.5 Å². The summed E-state index contributed by atoms with van der Waals surface area (Å²) in [6.07, 6.45) is 1.99. The highest BCUT2D eigenvalue weighted by molar-refractivity contribution is 5.98. The minimum atomic E-state index is -0.243. The molecule has 1 amide bonds. The molecule has 1 N–H and O–H groups in total. The van der Waals surface area contributed by atoms with E-state index in [1.165, 1.54) is 12.1 Å². The van der Waals surface area contributed by atoms with E-state index in [1.54, 1.807) is 7.11 Å². The van der Waals surface area contributed by atoms with E-state index in [-0.39, 0.29) is 17.1 Å². The molecule has 27 heavy (non-hydrogen) atoms. The number of carbonyl (C=O) groups excluding carboxylic acids is 1. The third-order valence-corrected chi connectivity index (χ3v) is 5.36. The Bertz CT molecular complexity index is 1010. The van der Waals surface area contributed by atoms with E-state index in [4.69, 9.17) is 4.74 Å². The monoisotopic (exact) mass is 364 g/mol. The van der Waals surface area contributed by atoms with Crippen molar-refractivity contribution in [2.45, 2.75) is 25.2 Å². The van der Waals surface area contributed by atoms with E-state index in [0.29, 0.717) is 17.8 Å². The lowest BCUT2D eigenvalue weighted by atomic mass is 9.95. The number of rotatable bonds is 5. The minimum Gasteiger partial charge on any atom is -0.497 e. The van der Waals surface area contributed by atoms with Gasteiger partial charge < -0.3 is 10.1 Å². The summed E-state index contributed by atoms with van der Waals surface area (Å²) < 4.78 is 18.4. The Balaban J connectivity index is 1.53. The molecule has 1 aromatic heterocycles. The molecule has 3 aromatic rings. The molecule has 1 heterocycles. The zero-order valence-electron chi connectivity index (χ0n) is 15.4. The first-order valence-electron chi connectivity index (χ1n) is 9.00. The Hall–Kier alpha value is -2.95. The normalized spacial score (nSPS) is 14.8. The molecule has 0 bridgehead atoms. The van der Waals surface area contributed by atoms with Crippen LogP contribution < -0.4 is 10.1 Å². The van der Waals surface area contributed by atoms with Gasteiger partial charge in [0, 0.05) is 23.4 Å². The molecule has 4 nitrogen and oxygen atoms in total. The van der Waals surface area contributed by atoms with Crippen molar-refractivity contribution in [2.24, 2.45) is 0 Å². The van der Waals surface area contributed by atoms with Gasteiger partial charge in [-0.15, -0.1) is 0 Å². The third-order valence-electron chi connectivity index (χ3n) is 5.36. The Labute approximate surface area is 157 Å². The molecule has 0 aliphatic heterocycles. The van der Waals surface area contributed by atoms with Crippen LogP contribution in [-0.4, -0.2) is 24.5 Å². The maximum atomic E-state index is 13.2. The molecule has 5 heteroatoms. The molecule has 138 valence electrons. The zero-order chi connectivity index (χ0) is 19.0. The smallest absolute Gasteiger partial charge is 0.253 e. The molecule has 0 radical (unpaired) electrons. The van der Waals surface area contributed by atoms with E-state index < -0.39 is 0 Å². The second kappa shape index (κ2) is 6.65. The van der Waals surface area contributed by atoms with Crippen molar-refractivity contribution in [3.63, 3.8) is 0 Å². The number of hydrogen-bond donors (Lipinski definition) is 1. The van der Waals surface area contributed by atoms with Gasteiger partial charge in [0.25, 0.3) is 5.91 Å². The molecule has 1 fully saturated rings. The van der Waals surface area contributed by atoms with Gasteiger partial charge in [-0.05, 0) is 55.7 Å². The van der Waals surface area contributed by atoms with Crippen molar-refractivity contribution >= 4 is 16.8 Å². The molecule has 0 atom stereocenters. The van der Waals surface area contributed by atoms with Crippen molar-refractivity contribution in [3.8, 4) is 5.75 Å². The van der Waals surface area contributed by atoms with E-state index in [2.05, 4.69) is 10.3 Å². The van der Waals surface area contributed by atoms with Gasteiger partial charge in [0.15, 0.2) is 0 Å². The third kappa shape index (κ3) is 3.37. The quantitative estimate of drug-likeness (QED) is 0.740. The Morgan fingerprint density at radius 2 is 1.93 bits per heavy atom. The highest BCUT2D eigenvalue weighted by Gasteiger charge is 2.44. The number of pyridine rings is 1. The number of nitrogens with one attached hydrogen (secondary N) is 1. The van der Waals surface area contributed by atoms with Crippen LogP contribution in [0.15, 0.2) is 48.5 Å². The molecule has 1 aliphatic carbocycles. The van der Waals surface area contributed by atoms with Gasteiger partial charge in [0.1, 0.15) is 11.6 Å². The summed E-state index contributed by atoms with van der Waals surface area (Å²) in [6.45, 7) is 2.37. The molecule has 2 aromatic carbocycles. The van der Waals surface area contributed by atoms with Crippen LogP contribution in [0.3, 0.4) is 0 Å². The number of aromatic nitrogens is 1. The van der Waals surface area contributed by atoms with Gasteiger partial charge in [-0.2, -0.15) is 0 Å². The molecule has 1 saturated carbocycles. The lowest BCUT2D eigenvalue weighted by Gasteiger charge is -2.17. The predicted molar refractivity (Wildman–Crippen MR) is 103 cm³/mol. The van der Waals surface area contributed by atoms with Gasteiger partial charge in [0.05, 0.1) is 23.9 Å². The summed E-state index contributed by atoms with van der Waals surface area (Å²) >= 11 is 0. The van der Waals surface area contributed by atoms with Crippen LogP contribution in [0.25, 0.3) is 10.9 Å². The van der Waals surface area contributed by atoms with Gasteiger partial charge >= 0.3 is 0 Å². The highest BCUT2D eigenvalue weighted by Crippen LogP contribution is 2.47. The standard InChI is InChI=1S/C22H21FN2O2/c1-14-19(11-15-3-8-18(27-2)12-20(15)25-14)21(26)24-13-22(9-10-22)16-4-6-17(23)7-5-16/h3-8,11-12H,9-10,13H2,1-2H3,(H,24,26). The second-order valence-corrected chi connectivity index (χ2v) is 7.15. The fraction of sp³-hybridized carbons (Fsp3) is 0.273. The number of ether oxygens (including phenoxy) is 1. The van der Waals surface area contributed by atoms with Crippen LogP contribution in [0.5, 0.6) is 5.75 Å². The average Bonchev–Trinajstić information content (AvgIpc) is 3.46. The van der Waals surface area contributed by atoms with E-state index >= 15 is 0 Å². The van der Waals surface area contributed by atoms with E-state index in [0.717, 1.165) is 35.1 Å². The first kappa shape index (κ1) is 17.5. The van der Waals surface area contributed by atoms with Crippen molar-refractivity contribution in [2.75, 3.05) is 13.7 Å². The summed E-state index contributed by atoms with van der Waals surface area (Å²) in [5.74, 6) is 0.362. The van der Waals surface area contributed by atoms with Crippen LogP contribution >= 0.6 is 0 Å². The summed E-state index contributed by atoms with van der Waals surface area (Å²) in [5, 5.41) is 3.94. The molecule has 0 saturated heterocycles. The van der Waals surface area contributed by atoms with Gasteiger partial charge in [-0.1, -0.05) is 12.1 Å². The fourth-order valence-corrected chi connectivity index (χ4v) is 3.47. The molecular formula is C22H21FN2O2. The number of halogens is 1. The number of hydrogen-bond acceptors (Lipinski definition) is 3. The number of amides is 1. The van der Waals surface area contributed by atoms with E-state index in [1.807, 2.05) is 43.3 Å². The summed E-state index contributed by atoms with van der Waals surface area (Å²) in [5.41, 5.74) is 3.05. The Kier molecular flexibility index (Phi) is 4.30. The first-order valence-corrected chi connectivity index (χ1v) is 9.00. The van der Waals surface area contributed by atoms with Crippen molar-refractivity contribution < 1.29 is 13.9 Å².